The van der Waals surface area contributed by atoms with Crippen LogP contribution in [0.25, 0.3) is 0 Å². The summed E-state index contributed by atoms with van der Waals surface area (Å²) >= 11 is 5.55. The molecule has 0 aliphatic heterocycles. The molecule has 1 unspecified atom stereocenters. The number of aryl methyl sites for hydroxylation is 1. The highest BCUT2D eigenvalue weighted by Gasteiger charge is 2.40. The first-order valence-electron chi connectivity index (χ1n) is 6.74. The fourth-order valence-corrected chi connectivity index (χ4v) is 4.72. The minimum atomic E-state index is 0.616. The van der Waals surface area contributed by atoms with E-state index < -0.39 is 0 Å². The predicted molar refractivity (Wildman–Crippen MR) is 77.7 cm³/mol. The Balaban J connectivity index is 1.68. The van der Waals surface area contributed by atoms with Gasteiger partial charge in [-0.2, -0.15) is 0 Å². The molecule has 0 spiro atoms. The molecule has 1 N–H and O–H groups in total. The van der Waals surface area contributed by atoms with Crippen molar-refractivity contribution in [2.75, 3.05) is 6.54 Å². The summed E-state index contributed by atoms with van der Waals surface area (Å²) in [4.78, 5) is 1.60. The molecule has 3 heteroatoms. The second-order valence-electron chi connectivity index (χ2n) is 5.61. The molecule has 2 aliphatic carbocycles. The van der Waals surface area contributed by atoms with Crippen LogP contribution in [0, 0.1) is 5.41 Å². The zero-order chi connectivity index (χ0) is 11.9. The van der Waals surface area contributed by atoms with Gasteiger partial charge in [-0.1, -0.05) is 6.92 Å². The molecule has 1 aromatic rings. The van der Waals surface area contributed by atoms with Crippen molar-refractivity contribution in [3.63, 3.8) is 0 Å². The van der Waals surface area contributed by atoms with Gasteiger partial charge in [0.25, 0.3) is 0 Å². The molecule has 2 aliphatic rings. The van der Waals surface area contributed by atoms with Crippen molar-refractivity contribution in [2.24, 2.45) is 5.41 Å². The van der Waals surface area contributed by atoms with Gasteiger partial charge in [0.2, 0.25) is 0 Å². The van der Waals surface area contributed by atoms with E-state index in [0.29, 0.717) is 11.5 Å². The van der Waals surface area contributed by atoms with Crippen LogP contribution in [0.15, 0.2) is 9.85 Å². The van der Waals surface area contributed by atoms with E-state index in [1.54, 1.807) is 10.4 Å². The Bertz CT molecular complexity index is 408. The van der Waals surface area contributed by atoms with Crippen LogP contribution in [0.5, 0.6) is 0 Å². The van der Waals surface area contributed by atoms with Gasteiger partial charge >= 0.3 is 0 Å². The zero-order valence-electron chi connectivity index (χ0n) is 10.4. The lowest BCUT2D eigenvalue weighted by Gasteiger charge is -2.26. The lowest BCUT2D eigenvalue weighted by molar-refractivity contribution is 0.380. The molecule has 1 nitrogen and oxygen atoms in total. The molecule has 0 amide bonds. The monoisotopic (exact) mass is 313 g/mol. The Labute approximate surface area is 116 Å². The topological polar surface area (TPSA) is 12.0 Å². The number of fused-ring (bicyclic) bond motifs is 1. The van der Waals surface area contributed by atoms with Gasteiger partial charge in [-0.25, -0.2) is 0 Å². The average Bonchev–Trinajstić information content (AvgIpc) is 3.01. The minimum Gasteiger partial charge on any atom is -0.309 e. The van der Waals surface area contributed by atoms with E-state index in [1.165, 1.54) is 48.9 Å². The highest BCUT2D eigenvalue weighted by molar-refractivity contribution is 9.11. The number of thiophene rings is 1. The number of nitrogens with one attached hydrogen (secondary N) is 1. The molecule has 94 valence electrons. The number of rotatable bonds is 4. The first kappa shape index (κ1) is 12.2. The Morgan fingerprint density at radius 2 is 2.35 bits per heavy atom. The summed E-state index contributed by atoms with van der Waals surface area (Å²) in [7, 11) is 0. The van der Waals surface area contributed by atoms with E-state index in [9.17, 15) is 0 Å². The lowest BCUT2D eigenvalue weighted by Crippen LogP contribution is -2.29. The van der Waals surface area contributed by atoms with E-state index in [4.69, 9.17) is 0 Å². The fraction of sp³-hybridized carbons (Fsp3) is 0.714. The predicted octanol–water partition coefficient (Wildman–Crippen LogP) is 4.67. The van der Waals surface area contributed by atoms with E-state index in [0.717, 1.165) is 0 Å². The van der Waals surface area contributed by atoms with Crippen LogP contribution < -0.4 is 5.32 Å². The van der Waals surface area contributed by atoms with Crippen LogP contribution in [0.4, 0.5) is 0 Å². The van der Waals surface area contributed by atoms with E-state index in [2.05, 4.69) is 34.2 Å². The summed E-state index contributed by atoms with van der Waals surface area (Å²) in [6, 6.07) is 2.95. The molecular formula is C14H20BrNS. The van der Waals surface area contributed by atoms with Gasteiger partial charge in [0.1, 0.15) is 0 Å². The number of hydrogen-bond donors (Lipinski definition) is 1. The van der Waals surface area contributed by atoms with Crippen LogP contribution in [-0.2, 0) is 6.42 Å². The molecule has 0 bridgehead atoms. The second-order valence-corrected chi connectivity index (χ2v) is 8.12. The van der Waals surface area contributed by atoms with Gasteiger partial charge < -0.3 is 5.32 Å². The molecular weight excluding hydrogens is 294 g/mol. The Morgan fingerprint density at radius 3 is 3.06 bits per heavy atom. The molecule has 0 aromatic carbocycles. The highest BCUT2D eigenvalue weighted by Crippen LogP contribution is 2.48. The van der Waals surface area contributed by atoms with E-state index in [1.807, 2.05) is 11.3 Å². The molecule has 3 rings (SSSR count). The van der Waals surface area contributed by atoms with Gasteiger partial charge in [-0.15, -0.1) is 11.3 Å². The van der Waals surface area contributed by atoms with Crippen molar-refractivity contribution in [1.29, 1.82) is 0 Å². The highest BCUT2D eigenvalue weighted by atomic mass is 79.9. The standard InChI is InChI=1S/C14H20BrNS/c1-2-14(6-7-14)9-16-11-4-3-5-12-10(11)8-13(15)17-12/h8,11,16H,2-7,9H2,1H3. The maximum Gasteiger partial charge on any atom is 0.0704 e. The molecule has 0 saturated heterocycles. The number of halogens is 1. The van der Waals surface area contributed by atoms with Crippen molar-refractivity contribution in [3.05, 3.63) is 20.3 Å². The normalized spacial score (nSPS) is 25.6. The van der Waals surface area contributed by atoms with Crippen molar-refractivity contribution in [3.8, 4) is 0 Å². The molecule has 1 saturated carbocycles. The zero-order valence-corrected chi connectivity index (χ0v) is 12.8. The minimum absolute atomic E-state index is 0.616. The van der Waals surface area contributed by atoms with Crippen molar-refractivity contribution in [2.45, 2.75) is 51.5 Å². The Kier molecular flexibility index (Phi) is 3.35. The van der Waals surface area contributed by atoms with Crippen LogP contribution >= 0.6 is 27.3 Å². The summed E-state index contributed by atoms with van der Waals surface area (Å²) in [5.41, 5.74) is 2.23. The van der Waals surface area contributed by atoms with Crippen molar-refractivity contribution in [1.82, 2.24) is 5.32 Å². The summed E-state index contributed by atoms with van der Waals surface area (Å²) in [6.45, 7) is 3.56. The molecule has 1 fully saturated rings. The Hall–Kier alpha value is 0.140. The summed E-state index contributed by atoms with van der Waals surface area (Å²) in [6.07, 6.45) is 8.15. The van der Waals surface area contributed by atoms with Gasteiger partial charge in [-0.05, 0) is 71.5 Å². The van der Waals surface area contributed by atoms with Gasteiger partial charge in [0.05, 0.1) is 3.79 Å². The van der Waals surface area contributed by atoms with Crippen molar-refractivity contribution < 1.29 is 0 Å². The molecule has 17 heavy (non-hydrogen) atoms. The average molecular weight is 314 g/mol. The summed E-state index contributed by atoms with van der Waals surface area (Å²) in [5.74, 6) is 0. The second kappa shape index (κ2) is 4.67. The van der Waals surface area contributed by atoms with E-state index >= 15 is 0 Å². The van der Waals surface area contributed by atoms with Crippen molar-refractivity contribution >= 4 is 27.3 Å². The maximum atomic E-state index is 3.83. The largest absolute Gasteiger partial charge is 0.309 e. The van der Waals surface area contributed by atoms with Crippen LogP contribution in [0.1, 0.15) is 55.5 Å². The van der Waals surface area contributed by atoms with Gasteiger partial charge in [-0.3, -0.25) is 0 Å². The summed E-state index contributed by atoms with van der Waals surface area (Å²) < 4.78 is 1.30. The third-order valence-electron chi connectivity index (χ3n) is 4.51. The molecule has 1 heterocycles. The molecule has 1 aromatic heterocycles. The van der Waals surface area contributed by atoms with E-state index in [-0.39, 0.29) is 0 Å². The Morgan fingerprint density at radius 1 is 1.53 bits per heavy atom. The van der Waals surface area contributed by atoms with Crippen LogP contribution in [0.3, 0.4) is 0 Å². The molecule has 0 radical (unpaired) electrons. The van der Waals surface area contributed by atoms with Crippen LogP contribution in [-0.4, -0.2) is 6.54 Å². The fourth-order valence-electron chi connectivity index (χ4n) is 2.91. The van der Waals surface area contributed by atoms with Gasteiger partial charge in [0.15, 0.2) is 0 Å². The first-order chi connectivity index (χ1) is 8.22. The molecule has 1 atom stereocenters. The third kappa shape index (κ3) is 2.47. The SMILES string of the molecule is CCC1(CNC2CCCc3sc(Br)cc32)CC1. The third-order valence-corrected chi connectivity index (χ3v) is 6.23. The number of hydrogen-bond acceptors (Lipinski definition) is 2. The van der Waals surface area contributed by atoms with Gasteiger partial charge in [0, 0.05) is 17.5 Å². The first-order valence-corrected chi connectivity index (χ1v) is 8.35. The lowest BCUT2D eigenvalue weighted by atomic mass is 9.93. The smallest absolute Gasteiger partial charge is 0.0704 e. The maximum absolute atomic E-state index is 3.83. The summed E-state index contributed by atoms with van der Waals surface area (Å²) in [5, 5.41) is 3.83. The van der Waals surface area contributed by atoms with Crippen LogP contribution in [0.2, 0.25) is 0 Å². The quantitative estimate of drug-likeness (QED) is 0.852.